The summed E-state index contributed by atoms with van der Waals surface area (Å²) in [6.45, 7) is 0.984. The molecule has 0 aliphatic carbocycles. The highest BCUT2D eigenvalue weighted by molar-refractivity contribution is 6.07. The number of aryl methyl sites for hydroxylation is 1. The van der Waals surface area contributed by atoms with Crippen molar-refractivity contribution in [3.05, 3.63) is 58.8 Å². The molecule has 11 nitrogen and oxygen atoms in total. The van der Waals surface area contributed by atoms with Crippen molar-refractivity contribution in [1.29, 1.82) is 0 Å². The molecular formula is C26H27F4N7O4. The van der Waals surface area contributed by atoms with Crippen LogP contribution in [-0.4, -0.2) is 66.9 Å². The van der Waals surface area contributed by atoms with Gasteiger partial charge in [0, 0.05) is 10.9 Å². The number of carbonyl (C=O) groups is 3. The van der Waals surface area contributed by atoms with Crippen molar-refractivity contribution in [2.24, 2.45) is 4.99 Å². The van der Waals surface area contributed by atoms with Gasteiger partial charge < -0.3 is 26.0 Å². The van der Waals surface area contributed by atoms with E-state index < -0.39 is 54.7 Å². The number of halogens is 4. The molecule has 2 atom stereocenters. The van der Waals surface area contributed by atoms with E-state index in [4.69, 9.17) is 0 Å². The molecular weight excluding hydrogens is 550 g/mol. The maximum atomic E-state index is 13.4. The summed E-state index contributed by atoms with van der Waals surface area (Å²) in [6.07, 6.45) is -4.63. The van der Waals surface area contributed by atoms with Gasteiger partial charge in [0.05, 0.1) is 62.2 Å². The number of esters is 1. The Bertz CT molecular complexity index is 1490. The van der Waals surface area contributed by atoms with Crippen molar-refractivity contribution in [1.82, 2.24) is 26.1 Å². The molecule has 2 heterocycles. The summed E-state index contributed by atoms with van der Waals surface area (Å²) >= 11 is 0. The van der Waals surface area contributed by atoms with Crippen LogP contribution >= 0.6 is 0 Å². The van der Waals surface area contributed by atoms with Crippen LogP contribution in [0.15, 0.2) is 41.5 Å². The standard InChI is InChI=1S/C26H27F4N7O4/c1-13-3-14(5-16(4-13)26(28,29)30)19(8-23(39)41-2)35-22(38)12-31-24(40)15-6-20(18-11-34-37-21(18)7-15)36-25-32-9-17(27)10-33-25/h3-7,11,17,19H,8-10,12H2,1-2H3,(H,31,40)(H,34,37)(H,35,38)(H2,32,33,36)/t19-/m0/s1. The van der Waals surface area contributed by atoms with Crippen LogP contribution in [-0.2, 0) is 20.5 Å². The summed E-state index contributed by atoms with van der Waals surface area (Å²) < 4.78 is 58.1. The maximum Gasteiger partial charge on any atom is 0.416 e. The minimum atomic E-state index is -4.63. The normalized spacial score (nSPS) is 15.9. The van der Waals surface area contributed by atoms with E-state index >= 15 is 0 Å². The van der Waals surface area contributed by atoms with Crippen LogP contribution in [0.3, 0.4) is 0 Å². The van der Waals surface area contributed by atoms with E-state index in [0.29, 0.717) is 22.5 Å². The van der Waals surface area contributed by atoms with E-state index in [0.717, 1.165) is 19.2 Å². The highest BCUT2D eigenvalue weighted by atomic mass is 19.4. The van der Waals surface area contributed by atoms with Crippen LogP contribution in [0.1, 0.15) is 39.5 Å². The third kappa shape index (κ3) is 7.49. The van der Waals surface area contributed by atoms with Crippen LogP contribution in [0.4, 0.5) is 23.2 Å². The Balaban J connectivity index is 1.47. The zero-order valence-corrected chi connectivity index (χ0v) is 22.0. The van der Waals surface area contributed by atoms with Gasteiger partial charge in [0.1, 0.15) is 6.17 Å². The van der Waals surface area contributed by atoms with E-state index in [-0.39, 0.29) is 29.8 Å². The number of hydrogen-bond acceptors (Lipinski definition) is 8. The highest BCUT2D eigenvalue weighted by Crippen LogP contribution is 2.32. The average Bonchev–Trinajstić information content (AvgIpc) is 3.41. The maximum absolute atomic E-state index is 13.4. The van der Waals surface area contributed by atoms with E-state index in [1.54, 1.807) is 0 Å². The largest absolute Gasteiger partial charge is 0.469 e. The fraction of sp³-hybridized carbons (Fsp3) is 0.346. The van der Waals surface area contributed by atoms with Crippen molar-refractivity contribution >= 4 is 40.3 Å². The second-order valence-electron chi connectivity index (χ2n) is 9.36. The topological polar surface area (TPSA) is 150 Å². The summed E-state index contributed by atoms with van der Waals surface area (Å²) in [5.74, 6) is -1.81. The second kappa shape index (κ2) is 12.2. The number of aliphatic imine (C=N–C) groups is 1. The van der Waals surface area contributed by atoms with Gasteiger partial charge in [-0.3, -0.25) is 19.5 Å². The monoisotopic (exact) mass is 577 g/mol. The number of nitrogens with one attached hydrogen (secondary N) is 5. The number of nitrogens with zero attached hydrogens (tertiary/aromatic N) is 2. The number of methoxy groups -OCH3 is 1. The zero-order chi connectivity index (χ0) is 29.7. The van der Waals surface area contributed by atoms with Crippen LogP contribution in [0.5, 0.6) is 0 Å². The number of carbonyl (C=O) groups excluding carboxylic acids is 3. The van der Waals surface area contributed by atoms with Gasteiger partial charge >= 0.3 is 12.1 Å². The molecule has 4 rings (SSSR count). The number of benzene rings is 2. The molecule has 3 aromatic rings. The number of ether oxygens (including phenoxy) is 1. The lowest BCUT2D eigenvalue weighted by molar-refractivity contribution is -0.141. The molecule has 0 fully saturated rings. The number of alkyl halides is 4. The third-order valence-corrected chi connectivity index (χ3v) is 6.18. The first kappa shape index (κ1) is 29.3. The molecule has 1 aliphatic rings. The quantitative estimate of drug-likeness (QED) is 0.204. The van der Waals surface area contributed by atoms with Gasteiger partial charge in [-0.25, -0.2) is 9.38 Å². The third-order valence-electron chi connectivity index (χ3n) is 6.18. The Morgan fingerprint density at radius 1 is 1.17 bits per heavy atom. The highest BCUT2D eigenvalue weighted by Gasteiger charge is 2.32. The second-order valence-corrected chi connectivity index (χ2v) is 9.36. The van der Waals surface area contributed by atoms with Gasteiger partial charge in [-0.2, -0.15) is 18.3 Å². The first-order chi connectivity index (χ1) is 19.4. The zero-order valence-electron chi connectivity index (χ0n) is 22.0. The molecule has 0 bridgehead atoms. The summed E-state index contributed by atoms with van der Waals surface area (Å²) in [6, 6.07) is 5.11. The van der Waals surface area contributed by atoms with E-state index in [2.05, 4.69) is 41.2 Å². The van der Waals surface area contributed by atoms with E-state index in [1.165, 1.54) is 31.3 Å². The van der Waals surface area contributed by atoms with Crippen molar-refractivity contribution < 1.29 is 36.7 Å². The van der Waals surface area contributed by atoms with Crippen molar-refractivity contribution in [2.45, 2.75) is 31.7 Å². The Labute approximate surface area is 231 Å². The van der Waals surface area contributed by atoms with Crippen LogP contribution in [0.2, 0.25) is 0 Å². The number of hydrogen-bond donors (Lipinski definition) is 5. The van der Waals surface area contributed by atoms with Crippen molar-refractivity contribution in [2.75, 3.05) is 32.1 Å². The fourth-order valence-electron chi connectivity index (χ4n) is 4.20. The number of guanidine groups is 1. The number of aromatic nitrogens is 2. The van der Waals surface area contributed by atoms with Crippen molar-refractivity contribution in [3.8, 4) is 0 Å². The molecule has 1 unspecified atom stereocenters. The molecule has 1 aliphatic heterocycles. The van der Waals surface area contributed by atoms with Gasteiger partial charge in [0.25, 0.3) is 5.91 Å². The van der Waals surface area contributed by atoms with Gasteiger partial charge in [-0.1, -0.05) is 11.6 Å². The van der Waals surface area contributed by atoms with E-state index in [9.17, 15) is 31.9 Å². The average molecular weight is 578 g/mol. The van der Waals surface area contributed by atoms with Crippen LogP contribution < -0.4 is 21.3 Å². The molecule has 1 aromatic heterocycles. The fourth-order valence-corrected chi connectivity index (χ4v) is 4.20. The van der Waals surface area contributed by atoms with Gasteiger partial charge in [-0.15, -0.1) is 0 Å². The molecule has 0 saturated carbocycles. The van der Waals surface area contributed by atoms with Gasteiger partial charge in [0.2, 0.25) is 5.91 Å². The lowest BCUT2D eigenvalue weighted by Crippen LogP contribution is -2.41. The number of aromatic amines is 1. The van der Waals surface area contributed by atoms with Gasteiger partial charge in [-0.05, 0) is 36.8 Å². The summed E-state index contributed by atoms with van der Waals surface area (Å²) in [7, 11) is 1.12. The molecule has 0 spiro atoms. The lowest BCUT2D eigenvalue weighted by Gasteiger charge is -2.21. The smallest absolute Gasteiger partial charge is 0.416 e. The number of fused-ring (bicyclic) bond motifs is 1. The lowest BCUT2D eigenvalue weighted by atomic mass is 9.98. The van der Waals surface area contributed by atoms with Crippen molar-refractivity contribution in [3.63, 3.8) is 0 Å². The Kier molecular flexibility index (Phi) is 8.74. The SMILES string of the molecule is COC(=O)C[C@H](NC(=O)CNC(=O)c1cc(NC2=NCC(F)CN2)c2cn[nH]c2c1)c1cc(C)cc(C(F)(F)F)c1. The number of rotatable bonds is 8. The summed E-state index contributed by atoms with van der Waals surface area (Å²) in [5.41, 5.74) is 0.514. The molecule has 2 aromatic carbocycles. The Morgan fingerprint density at radius 3 is 2.63 bits per heavy atom. The van der Waals surface area contributed by atoms with E-state index in [1.807, 2.05) is 0 Å². The van der Waals surface area contributed by atoms with Crippen LogP contribution in [0, 0.1) is 6.92 Å². The predicted octanol–water partition coefficient (Wildman–Crippen LogP) is 2.75. The number of anilines is 1. The van der Waals surface area contributed by atoms with Crippen LogP contribution in [0.25, 0.3) is 10.9 Å². The predicted molar refractivity (Wildman–Crippen MR) is 141 cm³/mol. The minimum absolute atomic E-state index is 0.0177. The number of amides is 2. The van der Waals surface area contributed by atoms with Gasteiger partial charge in [0.15, 0.2) is 5.96 Å². The molecule has 5 N–H and O–H groups in total. The first-order valence-electron chi connectivity index (χ1n) is 12.4. The summed E-state index contributed by atoms with van der Waals surface area (Å²) in [5, 5.41) is 18.1. The minimum Gasteiger partial charge on any atom is -0.469 e. The molecule has 0 saturated heterocycles. The number of H-pyrrole nitrogens is 1. The molecule has 15 heteroatoms. The molecule has 218 valence electrons. The Hall–Kier alpha value is -4.69. The molecule has 0 radical (unpaired) electrons. The Morgan fingerprint density at radius 2 is 1.95 bits per heavy atom. The first-order valence-corrected chi connectivity index (χ1v) is 12.4. The molecule has 41 heavy (non-hydrogen) atoms. The summed E-state index contributed by atoms with van der Waals surface area (Å²) in [4.78, 5) is 41.7. The molecule has 2 amide bonds.